The summed E-state index contributed by atoms with van der Waals surface area (Å²) in [6, 6.07) is 6.51. The zero-order chi connectivity index (χ0) is 17.1. The quantitative estimate of drug-likeness (QED) is 0.298. The zero-order valence-corrected chi connectivity index (χ0v) is 13.0. The molecule has 1 atom stereocenters. The molecule has 2 N–H and O–H groups in total. The van der Waals surface area contributed by atoms with Gasteiger partial charge in [-0.15, -0.1) is 15.0 Å². The van der Waals surface area contributed by atoms with Crippen LogP contribution in [-0.2, 0) is 0 Å². The number of hydrogen-bond acceptors (Lipinski definition) is 1. The Morgan fingerprint density at radius 2 is 1.57 bits per heavy atom. The van der Waals surface area contributed by atoms with Crippen LogP contribution in [-0.4, -0.2) is 0 Å². The number of hydrogen-bond donors (Lipinski definition) is 1. The lowest BCUT2D eigenvalue weighted by atomic mass is 9.94. The molecule has 2 rings (SSSR count). The van der Waals surface area contributed by atoms with Crippen molar-refractivity contribution in [3.63, 3.8) is 0 Å². The summed E-state index contributed by atoms with van der Waals surface area (Å²) in [5.41, 5.74) is 7.29. The number of halogens is 4. The fourth-order valence-corrected chi connectivity index (χ4v) is 2.27. The van der Waals surface area contributed by atoms with Crippen molar-refractivity contribution in [3.8, 4) is 0 Å². The van der Waals surface area contributed by atoms with Crippen LogP contribution in [0, 0.1) is 23.3 Å². The standard InChI is InChI=1S/C17H12F4NP/c1-2-3-13(22)14(9-4-6-10(23)7-5-9)15-16(20)11(18)8-12(19)17(15)21/h3-8H,1,22-23H2/b14-13+. The van der Waals surface area contributed by atoms with Gasteiger partial charge in [-0.05, 0) is 10.9 Å². The topological polar surface area (TPSA) is 26.0 Å². The minimum Gasteiger partial charge on any atom is -0.398 e. The maximum Gasteiger partial charge on any atom is 0.169 e. The van der Waals surface area contributed by atoms with E-state index in [4.69, 9.17) is 5.73 Å². The van der Waals surface area contributed by atoms with Crippen molar-refractivity contribution in [1.82, 2.24) is 0 Å². The summed E-state index contributed by atoms with van der Waals surface area (Å²) in [7, 11) is 2.45. The number of allylic oxidation sites excluding steroid dienone is 1. The molecule has 0 amide bonds. The largest absolute Gasteiger partial charge is 0.398 e. The fraction of sp³-hybridized carbons (Fsp3) is 0. The summed E-state index contributed by atoms with van der Waals surface area (Å²) in [4.78, 5) is 0. The second-order valence-corrected chi connectivity index (χ2v) is 5.31. The minimum absolute atomic E-state index is 0.126. The van der Waals surface area contributed by atoms with E-state index in [1.165, 1.54) is 18.2 Å². The maximum absolute atomic E-state index is 14.1. The maximum atomic E-state index is 14.1. The molecule has 0 saturated heterocycles. The molecule has 0 fully saturated rings. The van der Waals surface area contributed by atoms with Gasteiger partial charge < -0.3 is 5.73 Å². The molecule has 23 heavy (non-hydrogen) atoms. The van der Waals surface area contributed by atoms with Gasteiger partial charge in [-0.1, -0.05) is 30.8 Å². The Bertz CT molecular complexity index is 808. The fourth-order valence-electron chi connectivity index (χ4n) is 2.08. The van der Waals surface area contributed by atoms with E-state index in [0.29, 0.717) is 5.56 Å². The van der Waals surface area contributed by atoms with E-state index in [2.05, 4.69) is 21.5 Å². The summed E-state index contributed by atoms with van der Waals surface area (Å²) in [5, 5.41) is 0.817. The molecule has 0 aliphatic carbocycles. The van der Waals surface area contributed by atoms with Gasteiger partial charge in [0, 0.05) is 23.4 Å². The molecule has 0 radical (unpaired) electrons. The Labute approximate surface area is 133 Å². The lowest BCUT2D eigenvalue weighted by molar-refractivity contribution is 0.450. The van der Waals surface area contributed by atoms with Gasteiger partial charge in [0.15, 0.2) is 23.3 Å². The Balaban J connectivity index is 2.88. The van der Waals surface area contributed by atoms with E-state index >= 15 is 0 Å². The molecule has 0 heterocycles. The van der Waals surface area contributed by atoms with Gasteiger partial charge in [-0.2, -0.15) is 0 Å². The van der Waals surface area contributed by atoms with Crippen LogP contribution in [0.4, 0.5) is 17.6 Å². The Morgan fingerprint density at radius 3 is 2.04 bits per heavy atom. The second kappa shape index (κ2) is 6.82. The summed E-state index contributed by atoms with van der Waals surface area (Å²) in [5.74, 6) is -6.05. The molecule has 1 nitrogen and oxygen atoms in total. The van der Waals surface area contributed by atoms with E-state index in [-0.39, 0.29) is 17.3 Å². The molecular weight excluding hydrogens is 325 g/mol. The summed E-state index contributed by atoms with van der Waals surface area (Å²) in [6.07, 6.45) is 1.17. The molecule has 118 valence electrons. The van der Waals surface area contributed by atoms with Crippen LogP contribution >= 0.6 is 9.24 Å². The van der Waals surface area contributed by atoms with Crippen LogP contribution in [0.25, 0.3) is 5.57 Å². The molecule has 0 aliphatic rings. The van der Waals surface area contributed by atoms with E-state index in [9.17, 15) is 17.6 Å². The highest BCUT2D eigenvalue weighted by molar-refractivity contribution is 7.27. The van der Waals surface area contributed by atoms with E-state index in [1.807, 2.05) is 0 Å². The van der Waals surface area contributed by atoms with Crippen LogP contribution in [0.5, 0.6) is 0 Å². The van der Waals surface area contributed by atoms with E-state index in [0.717, 1.165) is 5.30 Å². The zero-order valence-electron chi connectivity index (χ0n) is 11.8. The molecule has 0 bridgehead atoms. The second-order valence-electron chi connectivity index (χ2n) is 4.64. The first-order chi connectivity index (χ1) is 10.9. The molecule has 0 aliphatic heterocycles. The highest BCUT2D eigenvalue weighted by atomic mass is 31.0. The van der Waals surface area contributed by atoms with Gasteiger partial charge in [0.2, 0.25) is 0 Å². The van der Waals surface area contributed by atoms with Crippen LogP contribution < -0.4 is 11.0 Å². The van der Waals surface area contributed by atoms with Gasteiger partial charge in [0.25, 0.3) is 0 Å². The van der Waals surface area contributed by atoms with Crippen molar-refractivity contribution in [2.24, 2.45) is 5.73 Å². The lowest BCUT2D eigenvalue weighted by Gasteiger charge is -2.14. The average molecular weight is 337 g/mol. The Morgan fingerprint density at radius 1 is 1.04 bits per heavy atom. The van der Waals surface area contributed by atoms with Crippen molar-refractivity contribution in [3.05, 3.63) is 88.8 Å². The third kappa shape index (κ3) is 3.37. The first kappa shape index (κ1) is 17.0. The molecule has 2 aromatic rings. The van der Waals surface area contributed by atoms with E-state index < -0.39 is 28.8 Å². The van der Waals surface area contributed by atoms with Crippen molar-refractivity contribution in [2.45, 2.75) is 0 Å². The van der Waals surface area contributed by atoms with Crippen molar-refractivity contribution < 1.29 is 17.6 Å². The third-order valence-corrected chi connectivity index (χ3v) is 3.49. The molecule has 0 saturated carbocycles. The van der Waals surface area contributed by atoms with Crippen molar-refractivity contribution in [2.75, 3.05) is 0 Å². The summed E-state index contributed by atoms with van der Waals surface area (Å²) in [6.45, 7) is 3.33. The highest BCUT2D eigenvalue weighted by Gasteiger charge is 2.24. The lowest BCUT2D eigenvalue weighted by Crippen LogP contribution is -2.08. The molecular formula is C17H12F4NP. The van der Waals surface area contributed by atoms with Gasteiger partial charge >= 0.3 is 0 Å². The van der Waals surface area contributed by atoms with Crippen LogP contribution in [0.2, 0.25) is 0 Å². The molecule has 0 spiro atoms. The predicted octanol–water partition coefficient (Wildman–Crippen LogP) is 3.80. The molecule has 1 unspecified atom stereocenters. The Kier molecular flexibility index (Phi) is 5.05. The van der Waals surface area contributed by atoms with Crippen molar-refractivity contribution in [1.29, 1.82) is 0 Å². The van der Waals surface area contributed by atoms with E-state index in [1.54, 1.807) is 12.1 Å². The van der Waals surface area contributed by atoms with Crippen molar-refractivity contribution >= 4 is 20.1 Å². The summed E-state index contributed by atoms with van der Waals surface area (Å²) >= 11 is 0. The third-order valence-electron chi connectivity index (χ3n) is 3.11. The van der Waals surface area contributed by atoms with Gasteiger partial charge in [-0.3, -0.25) is 0 Å². The van der Waals surface area contributed by atoms with Gasteiger partial charge in [-0.25, -0.2) is 17.6 Å². The first-order valence-electron chi connectivity index (χ1n) is 6.41. The van der Waals surface area contributed by atoms with Crippen LogP contribution in [0.1, 0.15) is 11.1 Å². The molecule has 6 heteroatoms. The Hall–Kier alpha value is -2.35. The number of benzene rings is 2. The normalized spacial score (nSPS) is 11.7. The van der Waals surface area contributed by atoms with Crippen LogP contribution in [0.3, 0.4) is 0 Å². The summed E-state index contributed by atoms with van der Waals surface area (Å²) < 4.78 is 55.3. The molecule has 2 aromatic carbocycles. The number of nitrogens with two attached hydrogens (primary N) is 1. The molecule has 0 aromatic heterocycles. The predicted molar refractivity (Wildman–Crippen MR) is 86.0 cm³/mol. The van der Waals surface area contributed by atoms with Crippen LogP contribution in [0.15, 0.2) is 54.4 Å². The first-order valence-corrected chi connectivity index (χ1v) is 6.99. The van der Waals surface area contributed by atoms with Gasteiger partial charge in [0.05, 0.1) is 5.56 Å². The minimum atomic E-state index is -1.52. The SMILES string of the molecule is C=C=C/C(N)=C(/c1ccc(P)cc1)c1c(F)c(F)cc(F)c1F. The highest BCUT2D eigenvalue weighted by Crippen LogP contribution is 2.32. The van der Waals surface area contributed by atoms with Gasteiger partial charge in [0.1, 0.15) is 0 Å². The smallest absolute Gasteiger partial charge is 0.169 e. The monoisotopic (exact) mass is 337 g/mol. The number of rotatable bonds is 3. The average Bonchev–Trinajstić information content (AvgIpc) is 2.51.